The number of amides is 4. The quantitative estimate of drug-likeness (QED) is 0.00870. The van der Waals surface area contributed by atoms with E-state index >= 15 is 0 Å². The highest BCUT2D eigenvalue weighted by Gasteiger charge is 2.51. The molecule has 120 heavy (non-hydrogen) atoms. The molecule has 6 aliphatic heterocycles. The van der Waals surface area contributed by atoms with Gasteiger partial charge in [-0.05, 0) is 134 Å². The van der Waals surface area contributed by atoms with E-state index in [9.17, 15) is 93.9 Å². The summed E-state index contributed by atoms with van der Waals surface area (Å²) in [5.41, 5.74) is 2.26. The standard InChI is InChI=1S/C81H100N5O33P/c1-43-25-57-75(97)85(80(101)114-39-47-14-16-63(118-79-71(94)68(91)69(92)72(119-79)77(99)100)54(32-47)60(88)12-10-18-108-20-21-109-22-23-116-82)55-34-64(45(3)27-51(55)73(95)83(57)36-43)111-40-48-28-49(30-50(29-48)110-19-7-6-8-24-120(103,104)105)41-112-66-35-56-52(33-65(66)107-5)74(96)84-37-44(2)26-58(84)76(98)86(56)81(102)115-38-46-13-15-62(53(31-46)59(87)11-9-17-106-4)117-78-70(93)67(90)61(89)42-113-78/h13-16,27-35,57-58,61,67-72,75-76,78-79,89-94,97-98H,1-2,6-12,17-26,36-42,82H2,3-5H3,(H,99,100)(H2,103,104,105)/t57-,58?,61+,67-,68-,69-,70+,71+,72?,75?,76?,78-,79?/m0/s1. The fourth-order valence-electron chi connectivity index (χ4n) is 14.6. The second kappa shape index (κ2) is 41.2. The fraction of sp³-hybridized carbons (Fsp3) is 0.494. The number of carbonyl (C=O) groups excluding carboxylic acids is 6. The molecular formula is C81H100N5O33P. The first-order valence-corrected chi connectivity index (χ1v) is 40.5. The van der Waals surface area contributed by atoms with Crippen molar-refractivity contribution in [3.63, 3.8) is 0 Å². The minimum atomic E-state index is -4.28. The SMILES string of the molecule is C=C1CC2C(O)N(C(=O)OCc3ccc(O[C@@H]4OC[C@@H](O)[C@H](O)[C@H]4O)c(C(=O)CCCOC)c3)c3cc(OCc4cc(COc5cc6c(cc5C)C(=O)N5CC(=C)C[C@H]5C(O)N6C(=O)OCc5ccc(OC6OC(C(=O)O)[C@@H](O)[C@H](O)[C@H]6O)c(C(=O)CCCOCCOCCON)c5)cc(OCCCCCP(=O)(O)O)c4)c(OC)cc3C(=O)N2C1. The van der Waals surface area contributed by atoms with Crippen molar-refractivity contribution in [2.24, 2.45) is 5.90 Å². The van der Waals surface area contributed by atoms with E-state index in [1.165, 1.54) is 84.7 Å². The highest BCUT2D eigenvalue weighted by molar-refractivity contribution is 7.51. The van der Waals surface area contributed by atoms with Gasteiger partial charge in [0.15, 0.2) is 41.6 Å². The number of ether oxygens (including phenoxy) is 13. The molecule has 4 amide bonds. The van der Waals surface area contributed by atoms with Gasteiger partial charge in [-0.25, -0.2) is 30.1 Å². The lowest BCUT2D eigenvalue weighted by Crippen LogP contribution is -2.61. The predicted octanol–water partition coefficient (Wildman–Crippen LogP) is 3.96. The van der Waals surface area contributed by atoms with Crippen molar-refractivity contribution in [1.82, 2.24) is 9.80 Å². The van der Waals surface area contributed by atoms with Crippen LogP contribution >= 0.6 is 7.60 Å². The maximum atomic E-state index is 14.9. The van der Waals surface area contributed by atoms with Crippen molar-refractivity contribution < 1.29 is 160 Å². The average molecular weight is 1700 g/mol. The molecule has 652 valence electrons. The minimum absolute atomic E-state index is 0.0114. The number of hydrogen-bond acceptors (Lipinski definition) is 31. The second-order valence-corrected chi connectivity index (χ2v) is 31.4. The molecule has 4 fully saturated rings. The molecule has 13 N–H and O–H groups in total. The Hall–Kier alpha value is -9.78. The van der Waals surface area contributed by atoms with Crippen LogP contribution < -0.4 is 44.1 Å². The molecule has 0 aromatic heterocycles. The number of carbonyl (C=O) groups is 7. The molecule has 4 saturated heterocycles. The molecule has 0 bridgehead atoms. The van der Waals surface area contributed by atoms with Gasteiger partial charge in [0.25, 0.3) is 11.8 Å². The third kappa shape index (κ3) is 22.1. The predicted molar refractivity (Wildman–Crippen MR) is 417 cm³/mol. The molecule has 5 unspecified atom stereocenters. The van der Waals surface area contributed by atoms with Crippen LogP contribution in [0.2, 0.25) is 0 Å². The van der Waals surface area contributed by atoms with Crippen LogP contribution in [0.1, 0.15) is 127 Å². The van der Waals surface area contributed by atoms with Gasteiger partial charge in [-0.2, -0.15) is 0 Å². The van der Waals surface area contributed by atoms with Crippen LogP contribution in [-0.2, 0) is 73.8 Å². The Labute approximate surface area is 688 Å². The summed E-state index contributed by atoms with van der Waals surface area (Å²) in [5, 5.41) is 97.4. The Morgan fingerprint density at radius 2 is 1.07 bits per heavy atom. The van der Waals surface area contributed by atoms with E-state index in [2.05, 4.69) is 18.0 Å². The van der Waals surface area contributed by atoms with E-state index in [0.29, 0.717) is 47.1 Å². The third-order valence-electron chi connectivity index (χ3n) is 20.8. The summed E-state index contributed by atoms with van der Waals surface area (Å²) >= 11 is 0. The number of aliphatic hydroxyl groups is 8. The fourth-order valence-corrected chi connectivity index (χ4v) is 15.2. The summed E-state index contributed by atoms with van der Waals surface area (Å²) in [4.78, 5) is 127. The number of benzene rings is 5. The summed E-state index contributed by atoms with van der Waals surface area (Å²) in [6.07, 6.45) is -21.0. The van der Waals surface area contributed by atoms with Gasteiger partial charge < -0.3 is 132 Å². The first kappa shape index (κ1) is 91.0. The number of aliphatic carboxylic acids is 1. The third-order valence-corrected chi connectivity index (χ3v) is 21.7. The summed E-state index contributed by atoms with van der Waals surface area (Å²) in [6, 6.07) is 16.7. The van der Waals surface area contributed by atoms with E-state index in [1.807, 2.05) is 0 Å². The van der Waals surface area contributed by atoms with Gasteiger partial charge in [0.2, 0.25) is 12.6 Å². The van der Waals surface area contributed by atoms with Gasteiger partial charge in [0.05, 0.1) is 92.5 Å². The number of ketones is 2. The van der Waals surface area contributed by atoms with Gasteiger partial charge >= 0.3 is 25.8 Å². The first-order chi connectivity index (χ1) is 57.4. The molecule has 0 radical (unpaired) electrons. The highest BCUT2D eigenvalue weighted by Crippen LogP contribution is 2.45. The molecule has 39 heteroatoms. The lowest BCUT2D eigenvalue weighted by atomic mass is 9.98. The Kier molecular flexibility index (Phi) is 31.2. The van der Waals surface area contributed by atoms with Crippen molar-refractivity contribution >= 4 is 60.5 Å². The van der Waals surface area contributed by atoms with Crippen LogP contribution in [0.3, 0.4) is 0 Å². The smallest absolute Gasteiger partial charge is 0.416 e. The number of anilines is 2. The van der Waals surface area contributed by atoms with Gasteiger partial charge in [-0.15, -0.1) is 0 Å². The number of unbranched alkanes of at least 4 members (excludes halogenated alkanes) is 2. The van der Waals surface area contributed by atoms with Crippen molar-refractivity contribution in [3.8, 4) is 34.5 Å². The molecule has 5 aromatic carbocycles. The monoisotopic (exact) mass is 1700 g/mol. The summed E-state index contributed by atoms with van der Waals surface area (Å²) in [5.74, 6) is 1.22. The highest BCUT2D eigenvalue weighted by atomic mass is 31.2. The number of Topliss-reactive ketones (excluding diaryl/α,β-unsaturated/α-hetero) is 2. The van der Waals surface area contributed by atoms with Gasteiger partial charge in [-0.3, -0.25) is 23.7 Å². The molecule has 13 atom stereocenters. The van der Waals surface area contributed by atoms with Gasteiger partial charge in [-0.1, -0.05) is 36.4 Å². The zero-order valence-corrected chi connectivity index (χ0v) is 67.0. The van der Waals surface area contributed by atoms with Crippen LogP contribution in [0.15, 0.2) is 103 Å². The van der Waals surface area contributed by atoms with E-state index in [0.717, 1.165) is 9.80 Å². The maximum Gasteiger partial charge on any atom is 0.416 e. The molecular weight excluding hydrogens is 1600 g/mol. The van der Waals surface area contributed by atoms with E-state index in [-0.39, 0.29) is 203 Å². The number of fused-ring (bicyclic) bond motifs is 4. The zero-order valence-electron chi connectivity index (χ0n) is 66.1. The largest absolute Gasteiger partial charge is 0.494 e. The topological polar surface area (TPSA) is 527 Å². The summed E-state index contributed by atoms with van der Waals surface area (Å²) in [6.45, 7) is 8.96. The minimum Gasteiger partial charge on any atom is -0.494 e. The molecule has 0 spiro atoms. The number of nitrogens with zero attached hydrogens (tertiary/aromatic N) is 4. The number of methoxy groups -OCH3 is 2. The molecule has 6 heterocycles. The van der Waals surface area contributed by atoms with E-state index < -0.39 is 142 Å². The normalized spacial score (nSPS) is 23.4. The van der Waals surface area contributed by atoms with Crippen molar-refractivity contribution in [3.05, 3.63) is 153 Å². The lowest BCUT2D eigenvalue weighted by Gasteiger charge is -2.38. The Morgan fingerprint density at radius 1 is 0.542 bits per heavy atom. The molecule has 5 aromatic rings. The van der Waals surface area contributed by atoms with Crippen LogP contribution in [-0.4, -0.2) is 273 Å². The molecule has 0 saturated carbocycles. The maximum absolute atomic E-state index is 14.9. The van der Waals surface area contributed by atoms with E-state index in [4.69, 9.17) is 67.5 Å². The van der Waals surface area contributed by atoms with E-state index in [1.54, 1.807) is 25.1 Å². The number of aryl methyl sites for hydroxylation is 1. The van der Waals surface area contributed by atoms with Gasteiger partial charge in [0, 0.05) is 64.5 Å². The van der Waals surface area contributed by atoms with Crippen LogP contribution in [0, 0.1) is 6.92 Å². The molecule has 38 nitrogen and oxygen atoms in total. The zero-order chi connectivity index (χ0) is 86.4. The van der Waals surface area contributed by atoms with Crippen molar-refractivity contribution in [2.75, 3.05) is 96.1 Å². The second-order valence-electron chi connectivity index (χ2n) is 29.6. The number of hydrogen-bond donors (Lipinski definition) is 12. The van der Waals surface area contributed by atoms with Crippen molar-refractivity contribution in [1.29, 1.82) is 0 Å². The van der Waals surface area contributed by atoms with Crippen molar-refractivity contribution in [2.45, 2.75) is 171 Å². The van der Waals surface area contributed by atoms with Gasteiger partial charge in [0.1, 0.15) is 86.0 Å². The Morgan fingerprint density at radius 3 is 1.62 bits per heavy atom. The van der Waals surface area contributed by atoms with Crippen LogP contribution in [0.4, 0.5) is 21.0 Å². The molecule has 11 rings (SSSR count). The molecule has 0 aliphatic carbocycles. The Bertz CT molecular complexity index is 4600. The number of carboxylic acids is 1. The Balaban J connectivity index is 0.855. The summed E-state index contributed by atoms with van der Waals surface area (Å²) < 4.78 is 87.4. The first-order valence-electron chi connectivity index (χ1n) is 38.7. The number of aliphatic hydroxyl groups excluding tert-OH is 8. The number of nitrogens with two attached hydrogens (primary N) is 1. The van der Waals surface area contributed by atoms with Crippen LogP contribution in [0.5, 0.6) is 34.5 Å². The number of carboxylic acid groups (broad SMARTS) is 1. The number of rotatable bonds is 39. The van der Waals surface area contributed by atoms with Crippen LogP contribution in [0.25, 0.3) is 0 Å². The molecule has 6 aliphatic rings. The average Bonchev–Trinajstić information content (AvgIpc) is 1.60. The lowest BCUT2D eigenvalue weighted by molar-refractivity contribution is -0.271. The summed E-state index contributed by atoms with van der Waals surface area (Å²) in [7, 11) is -1.48.